The Morgan fingerprint density at radius 2 is 1.79 bits per heavy atom. The normalized spacial score (nSPS) is 10.8. The number of anilines is 2. The second-order valence-electron chi connectivity index (χ2n) is 5.75. The van der Waals surface area contributed by atoms with Gasteiger partial charge in [0.15, 0.2) is 0 Å². The van der Waals surface area contributed by atoms with Gasteiger partial charge in [0.05, 0.1) is 36.1 Å². The van der Waals surface area contributed by atoms with Crippen LogP contribution in [0, 0.1) is 34.0 Å². The molecule has 1 unspecified atom stereocenters. The summed E-state index contributed by atoms with van der Waals surface area (Å²) in [5.41, 5.74) is 2.86. The topological polar surface area (TPSA) is 118 Å². The summed E-state index contributed by atoms with van der Waals surface area (Å²) in [6.45, 7) is 0. The molecule has 134 valence electrons. The Bertz CT molecular complexity index is 1120. The first-order valence-electron chi connectivity index (χ1n) is 8.26. The van der Waals surface area contributed by atoms with E-state index in [1.165, 1.54) is 7.11 Å². The first-order chi connectivity index (χ1) is 13.7. The van der Waals surface area contributed by atoms with Gasteiger partial charge in [-0.05, 0) is 48.0 Å². The zero-order chi connectivity index (χ0) is 19.9. The Morgan fingerprint density at radius 1 is 1.00 bits per heavy atom. The van der Waals surface area contributed by atoms with Crippen molar-refractivity contribution in [2.24, 2.45) is 0 Å². The summed E-state index contributed by atoms with van der Waals surface area (Å²) in [4.78, 5) is 8.63. The smallest absolute Gasteiger partial charge is 0.227 e. The Labute approximate surface area is 162 Å². The number of nitrogens with one attached hydrogen (secondary N) is 1. The molecule has 0 aliphatic carbocycles. The zero-order valence-electron chi connectivity index (χ0n) is 14.9. The number of aromatic nitrogens is 2. The Hall–Kier alpha value is -4.41. The van der Waals surface area contributed by atoms with Crippen LogP contribution in [0.2, 0.25) is 0 Å². The highest BCUT2D eigenvalue weighted by Gasteiger charge is 2.18. The van der Waals surface area contributed by atoms with Crippen LogP contribution in [0.15, 0.2) is 54.7 Å². The fourth-order valence-electron chi connectivity index (χ4n) is 2.64. The number of nitrogens with zero attached hydrogens (tertiary/aromatic N) is 5. The van der Waals surface area contributed by atoms with Crippen LogP contribution in [0.3, 0.4) is 0 Å². The highest BCUT2D eigenvalue weighted by molar-refractivity contribution is 5.55. The molecule has 2 aromatic carbocycles. The van der Waals surface area contributed by atoms with E-state index in [1.54, 1.807) is 54.7 Å². The molecule has 28 heavy (non-hydrogen) atoms. The first-order valence-corrected chi connectivity index (χ1v) is 8.26. The zero-order valence-corrected chi connectivity index (χ0v) is 14.9. The molecule has 7 heteroatoms. The highest BCUT2D eigenvalue weighted by atomic mass is 16.5. The lowest BCUT2D eigenvalue weighted by Gasteiger charge is -2.12. The van der Waals surface area contributed by atoms with E-state index < -0.39 is 5.92 Å². The lowest BCUT2D eigenvalue weighted by atomic mass is 9.95. The van der Waals surface area contributed by atoms with E-state index in [1.807, 2.05) is 0 Å². The van der Waals surface area contributed by atoms with Gasteiger partial charge in [0.1, 0.15) is 17.7 Å². The number of rotatable bonds is 5. The lowest BCUT2D eigenvalue weighted by Crippen LogP contribution is -2.05. The maximum absolute atomic E-state index is 9.69. The van der Waals surface area contributed by atoms with Crippen molar-refractivity contribution in [2.45, 2.75) is 5.92 Å². The molecule has 0 amide bonds. The number of hydrogen-bond acceptors (Lipinski definition) is 7. The second kappa shape index (κ2) is 8.31. The van der Waals surface area contributed by atoms with Crippen molar-refractivity contribution < 1.29 is 4.74 Å². The van der Waals surface area contributed by atoms with Crippen LogP contribution >= 0.6 is 0 Å². The minimum Gasteiger partial charge on any atom is -0.495 e. The van der Waals surface area contributed by atoms with Crippen molar-refractivity contribution in [1.29, 1.82) is 15.8 Å². The molecule has 0 aliphatic rings. The van der Waals surface area contributed by atoms with Crippen LogP contribution in [-0.2, 0) is 0 Å². The molecule has 0 bridgehead atoms. The summed E-state index contributed by atoms with van der Waals surface area (Å²) in [6.07, 6.45) is 1.57. The van der Waals surface area contributed by atoms with E-state index in [2.05, 4.69) is 33.5 Å². The summed E-state index contributed by atoms with van der Waals surface area (Å²) < 4.78 is 5.23. The van der Waals surface area contributed by atoms with Gasteiger partial charge in [-0.1, -0.05) is 6.07 Å². The van der Waals surface area contributed by atoms with Crippen LogP contribution in [0.4, 0.5) is 11.6 Å². The molecular weight excluding hydrogens is 352 g/mol. The molecule has 0 radical (unpaired) electrons. The van der Waals surface area contributed by atoms with Crippen LogP contribution in [0.25, 0.3) is 0 Å². The molecule has 3 aromatic rings. The second-order valence-corrected chi connectivity index (χ2v) is 5.75. The molecule has 1 atom stereocenters. The minimum atomic E-state index is -0.647. The Balaban J connectivity index is 1.90. The van der Waals surface area contributed by atoms with Crippen molar-refractivity contribution in [2.75, 3.05) is 12.4 Å². The van der Waals surface area contributed by atoms with E-state index in [-0.39, 0.29) is 0 Å². The van der Waals surface area contributed by atoms with Gasteiger partial charge in [0.25, 0.3) is 0 Å². The van der Waals surface area contributed by atoms with Gasteiger partial charge >= 0.3 is 0 Å². The van der Waals surface area contributed by atoms with Gasteiger partial charge in [0, 0.05) is 11.9 Å². The monoisotopic (exact) mass is 366 g/mol. The Kier molecular flexibility index (Phi) is 5.46. The van der Waals surface area contributed by atoms with Gasteiger partial charge in [-0.3, -0.25) is 0 Å². The van der Waals surface area contributed by atoms with E-state index in [0.29, 0.717) is 34.1 Å². The van der Waals surface area contributed by atoms with Gasteiger partial charge in [0.2, 0.25) is 5.95 Å². The fraction of sp³-hybridized carbons (Fsp3) is 0.0952. The van der Waals surface area contributed by atoms with Crippen LogP contribution in [0.5, 0.6) is 5.75 Å². The van der Waals surface area contributed by atoms with E-state index >= 15 is 0 Å². The van der Waals surface area contributed by atoms with Gasteiger partial charge in [-0.15, -0.1) is 0 Å². The largest absolute Gasteiger partial charge is 0.495 e. The summed E-state index contributed by atoms with van der Waals surface area (Å²) in [5.74, 6) is 0.0967. The first kappa shape index (κ1) is 18.4. The van der Waals surface area contributed by atoms with Crippen molar-refractivity contribution in [3.63, 3.8) is 0 Å². The predicted octanol–water partition coefficient (Wildman–Crippen LogP) is 3.63. The molecule has 0 fully saturated rings. The van der Waals surface area contributed by atoms with E-state index in [9.17, 15) is 5.26 Å². The van der Waals surface area contributed by atoms with E-state index in [0.717, 1.165) is 5.69 Å². The quantitative estimate of drug-likeness (QED) is 0.732. The summed E-state index contributed by atoms with van der Waals surface area (Å²) in [7, 11) is 1.48. The molecular formula is C21H14N6O. The van der Waals surface area contributed by atoms with Crippen molar-refractivity contribution in [3.8, 4) is 24.0 Å². The van der Waals surface area contributed by atoms with Crippen molar-refractivity contribution in [1.82, 2.24) is 9.97 Å². The van der Waals surface area contributed by atoms with Gasteiger partial charge < -0.3 is 10.1 Å². The third kappa shape index (κ3) is 3.88. The van der Waals surface area contributed by atoms with Gasteiger partial charge in [-0.2, -0.15) is 15.8 Å². The third-order valence-electron chi connectivity index (χ3n) is 4.05. The SMILES string of the molecule is COc1cc(C(C#N)c2ccnc(Nc3ccc(C#N)cc3)n2)ccc1C#N. The molecule has 0 saturated heterocycles. The number of ether oxygens (including phenoxy) is 1. The average Bonchev–Trinajstić information content (AvgIpc) is 2.75. The average molecular weight is 366 g/mol. The Morgan fingerprint density at radius 3 is 2.43 bits per heavy atom. The van der Waals surface area contributed by atoms with Crippen LogP contribution in [0.1, 0.15) is 28.3 Å². The number of methoxy groups -OCH3 is 1. The fourth-order valence-corrected chi connectivity index (χ4v) is 2.64. The molecule has 0 aliphatic heterocycles. The molecule has 1 heterocycles. The number of nitriles is 3. The summed E-state index contributed by atoms with van der Waals surface area (Å²) >= 11 is 0. The van der Waals surface area contributed by atoms with Crippen LogP contribution < -0.4 is 10.1 Å². The maximum Gasteiger partial charge on any atom is 0.227 e. The lowest BCUT2D eigenvalue weighted by molar-refractivity contribution is 0.413. The van der Waals surface area contributed by atoms with Crippen molar-refractivity contribution >= 4 is 11.6 Å². The van der Waals surface area contributed by atoms with Crippen LogP contribution in [-0.4, -0.2) is 17.1 Å². The molecule has 7 nitrogen and oxygen atoms in total. The van der Waals surface area contributed by atoms with Gasteiger partial charge in [-0.25, -0.2) is 9.97 Å². The highest BCUT2D eigenvalue weighted by Crippen LogP contribution is 2.28. The maximum atomic E-state index is 9.69. The summed E-state index contributed by atoms with van der Waals surface area (Å²) in [5, 5.41) is 30.7. The molecule has 3 rings (SSSR count). The number of benzene rings is 2. The van der Waals surface area contributed by atoms with Crippen molar-refractivity contribution in [3.05, 3.63) is 77.1 Å². The third-order valence-corrected chi connectivity index (χ3v) is 4.05. The predicted molar refractivity (Wildman–Crippen MR) is 102 cm³/mol. The standard InChI is InChI=1S/C21H14N6O/c1-28-20-10-15(4-5-16(20)12-23)18(13-24)19-8-9-25-21(27-19)26-17-6-2-14(11-22)3-7-17/h2-10,18H,1H3,(H,25,26,27). The molecule has 1 N–H and O–H groups in total. The minimum absolute atomic E-state index is 0.336. The summed E-state index contributed by atoms with van der Waals surface area (Å²) in [6, 6.07) is 19.9. The molecule has 0 spiro atoms. The van der Waals surface area contributed by atoms with E-state index in [4.69, 9.17) is 15.3 Å². The molecule has 1 aromatic heterocycles. The molecule has 0 saturated carbocycles. The number of hydrogen-bond donors (Lipinski definition) is 1.